The van der Waals surface area contributed by atoms with Gasteiger partial charge in [-0.25, -0.2) is 19.8 Å². The molecular formula is C50H58N8O5. The number of aryl methyl sites for hydroxylation is 1. The number of carboxylic acids is 1. The van der Waals surface area contributed by atoms with Gasteiger partial charge in [0.25, 0.3) is 0 Å². The molecule has 5 aliphatic rings. The minimum absolute atomic E-state index is 0.168. The van der Waals surface area contributed by atoms with Gasteiger partial charge in [-0.3, -0.25) is 14.9 Å². The van der Waals surface area contributed by atoms with Gasteiger partial charge in [0.1, 0.15) is 18.1 Å². The Labute approximate surface area is 368 Å². The van der Waals surface area contributed by atoms with E-state index in [2.05, 4.69) is 97.7 Å². The first-order valence-electron chi connectivity index (χ1n) is 22.8. The fourth-order valence-corrected chi connectivity index (χ4v) is 11.1. The number of nitrogens with one attached hydrogen (secondary N) is 2. The molecule has 13 nitrogen and oxygen atoms in total. The zero-order valence-electron chi connectivity index (χ0n) is 37.0. The number of aliphatic carboxylic acids is 1. The molecule has 3 atom stereocenters. The SMILES string of the molecule is Cc1cc(-c2ncnc3[nH]c4cc(N5CCC6(CC5)CCN(C5CC(c7ccc([C@@H]8CCC(=O)NC8=O)cc7)C5)CC6)ccc4c23)ccc1[C@@H](C)N1OC(C(=O)O)=NC1C(C)(C)C. The van der Waals surface area contributed by atoms with Gasteiger partial charge < -0.3 is 24.7 Å². The number of rotatable bonds is 8. The van der Waals surface area contributed by atoms with Crippen molar-refractivity contribution in [3.63, 3.8) is 0 Å². The Kier molecular flexibility index (Phi) is 10.4. The molecule has 1 aliphatic carbocycles. The molecular weight excluding hydrogens is 793 g/mol. The Morgan fingerprint density at radius 3 is 2.32 bits per heavy atom. The molecule has 10 rings (SSSR count). The predicted octanol–water partition coefficient (Wildman–Crippen LogP) is 8.40. The zero-order valence-corrected chi connectivity index (χ0v) is 37.0. The number of nitrogens with zero attached hydrogens (tertiary/aromatic N) is 6. The summed E-state index contributed by atoms with van der Waals surface area (Å²) in [7, 11) is 0. The Morgan fingerprint density at radius 2 is 1.63 bits per heavy atom. The third-order valence-corrected chi connectivity index (χ3v) is 15.1. The number of carbonyl (C=O) groups is 3. The monoisotopic (exact) mass is 850 g/mol. The Bertz CT molecular complexity index is 2620. The van der Waals surface area contributed by atoms with Crippen molar-refractivity contribution >= 4 is 51.3 Å². The number of aliphatic imine (C=N–C) groups is 1. The summed E-state index contributed by atoms with van der Waals surface area (Å²) in [5.74, 6) is -1.43. The molecule has 6 heterocycles. The number of anilines is 1. The zero-order chi connectivity index (χ0) is 43.8. The minimum atomic E-state index is -1.17. The molecule has 2 aromatic heterocycles. The number of imide groups is 1. The normalized spacial score (nSPS) is 24.9. The molecule has 4 aliphatic heterocycles. The highest BCUT2D eigenvalue weighted by Crippen LogP contribution is 2.47. The van der Waals surface area contributed by atoms with E-state index in [-0.39, 0.29) is 35.1 Å². The van der Waals surface area contributed by atoms with E-state index >= 15 is 0 Å². The summed E-state index contributed by atoms with van der Waals surface area (Å²) in [6.07, 6.45) is 9.57. The van der Waals surface area contributed by atoms with Crippen molar-refractivity contribution < 1.29 is 24.3 Å². The maximum atomic E-state index is 12.4. The third kappa shape index (κ3) is 7.66. The van der Waals surface area contributed by atoms with E-state index in [0.29, 0.717) is 30.2 Å². The first kappa shape index (κ1) is 41.4. The van der Waals surface area contributed by atoms with Gasteiger partial charge in [-0.05, 0) is 124 Å². The molecule has 63 heavy (non-hydrogen) atoms. The van der Waals surface area contributed by atoms with E-state index in [1.54, 1.807) is 11.4 Å². The second kappa shape index (κ2) is 15.8. The van der Waals surface area contributed by atoms with Crippen molar-refractivity contribution in [2.45, 2.75) is 116 Å². The summed E-state index contributed by atoms with van der Waals surface area (Å²) in [5, 5.41) is 15.9. The number of carboxylic acid groups (broad SMARTS) is 1. The van der Waals surface area contributed by atoms with E-state index in [4.69, 9.17) is 9.82 Å². The maximum absolute atomic E-state index is 12.4. The lowest BCUT2D eigenvalue weighted by Crippen LogP contribution is -2.52. The number of aromatic nitrogens is 3. The second-order valence-electron chi connectivity index (χ2n) is 20.0. The number of piperidine rings is 3. The number of hydrogen-bond acceptors (Lipinski definition) is 10. The Morgan fingerprint density at radius 1 is 0.921 bits per heavy atom. The largest absolute Gasteiger partial charge is 0.474 e. The number of likely N-dealkylation sites (tertiary alicyclic amines) is 1. The Balaban J connectivity index is 0.761. The van der Waals surface area contributed by atoms with Gasteiger partial charge in [0.05, 0.1) is 23.0 Å². The van der Waals surface area contributed by atoms with Crippen LogP contribution in [0.1, 0.15) is 119 Å². The number of hydrogen-bond donors (Lipinski definition) is 3. The summed E-state index contributed by atoms with van der Waals surface area (Å²) in [6.45, 7) is 14.7. The summed E-state index contributed by atoms with van der Waals surface area (Å²) < 4.78 is 0. The van der Waals surface area contributed by atoms with Crippen LogP contribution in [0, 0.1) is 17.8 Å². The van der Waals surface area contributed by atoms with Crippen LogP contribution in [0.25, 0.3) is 33.2 Å². The number of hydroxylamine groups is 2. The lowest BCUT2D eigenvalue weighted by molar-refractivity contribution is -0.153. The third-order valence-electron chi connectivity index (χ3n) is 15.1. The molecule has 3 N–H and O–H groups in total. The number of benzene rings is 3. The summed E-state index contributed by atoms with van der Waals surface area (Å²) in [4.78, 5) is 64.3. The Hall–Kier alpha value is -5.66. The summed E-state index contributed by atoms with van der Waals surface area (Å²) in [6, 6.07) is 22.1. The van der Waals surface area contributed by atoms with Crippen molar-refractivity contribution in [3.05, 3.63) is 89.2 Å². The molecule has 1 spiro atoms. The molecule has 3 aromatic carbocycles. The molecule has 3 saturated heterocycles. The van der Waals surface area contributed by atoms with E-state index in [9.17, 15) is 19.5 Å². The van der Waals surface area contributed by atoms with Crippen molar-refractivity contribution in [1.29, 1.82) is 0 Å². The van der Waals surface area contributed by atoms with Gasteiger partial charge in [-0.2, -0.15) is 0 Å². The highest BCUT2D eigenvalue weighted by atomic mass is 16.7. The van der Waals surface area contributed by atoms with E-state index in [1.165, 1.54) is 62.9 Å². The van der Waals surface area contributed by atoms with Gasteiger partial charge in [-0.1, -0.05) is 63.2 Å². The summed E-state index contributed by atoms with van der Waals surface area (Å²) in [5.41, 5.74) is 9.50. The van der Waals surface area contributed by atoms with Crippen molar-refractivity contribution in [1.82, 2.24) is 30.2 Å². The van der Waals surface area contributed by atoms with Crippen LogP contribution < -0.4 is 10.2 Å². The van der Waals surface area contributed by atoms with Crippen LogP contribution in [-0.2, 0) is 19.2 Å². The number of amides is 2. The molecule has 1 unspecified atom stereocenters. The molecule has 1 saturated carbocycles. The predicted molar refractivity (Wildman–Crippen MR) is 243 cm³/mol. The molecule has 0 bridgehead atoms. The second-order valence-corrected chi connectivity index (χ2v) is 20.0. The fraction of sp³-hybridized carbons (Fsp3) is 0.480. The molecule has 328 valence electrons. The smallest absolute Gasteiger partial charge is 0.393 e. The number of fused-ring (bicyclic) bond motifs is 3. The molecule has 2 amide bonds. The van der Waals surface area contributed by atoms with Crippen molar-refractivity contribution in [2.75, 3.05) is 31.1 Å². The maximum Gasteiger partial charge on any atom is 0.393 e. The highest BCUT2D eigenvalue weighted by Gasteiger charge is 2.44. The number of aromatic amines is 1. The average Bonchev–Trinajstić information content (AvgIpc) is 3.88. The minimum Gasteiger partial charge on any atom is -0.474 e. The quantitative estimate of drug-likeness (QED) is 0.130. The summed E-state index contributed by atoms with van der Waals surface area (Å²) >= 11 is 0. The van der Waals surface area contributed by atoms with E-state index < -0.39 is 12.1 Å². The van der Waals surface area contributed by atoms with Crippen LogP contribution in [0.15, 0.2) is 72.0 Å². The van der Waals surface area contributed by atoms with Crippen molar-refractivity contribution in [2.24, 2.45) is 15.8 Å². The fourth-order valence-electron chi connectivity index (χ4n) is 11.1. The topological polar surface area (TPSA) is 156 Å². The van der Waals surface area contributed by atoms with Gasteiger partial charge in [0.15, 0.2) is 0 Å². The first-order chi connectivity index (χ1) is 30.2. The molecule has 4 fully saturated rings. The van der Waals surface area contributed by atoms with Crippen LogP contribution in [-0.4, -0.2) is 92.1 Å². The highest BCUT2D eigenvalue weighted by molar-refractivity contribution is 6.31. The standard InChI is InChI=1S/C50H58N8O5/c1-29-24-33(10-12-37(29)30(2)58-48(49(3,4)5)55-46(63-58)47(61)62)43-42-39-13-11-35(27-40(39)53-44(42)52-28-51-43)56-20-16-50(17-21-56)18-22-57(23-19-50)36-25-34(26-36)31-6-8-32(9-7-31)38-14-15-41(59)54-45(38)60/h6-13,24,27-28,30,34,36,38,48H,14-23,25-26H2,1-5H3,(H,61,62)(H,51,52,53)(H,54,59,60)/t30-,34?,36?,38+,48?/m1/s1. The lowest BCUT2D eigenvalue weighted by Gasteiger charge is -2.51. The number of H-pyrrole nitrogens is 1. The lowest BCUT2D eigenvalue weighted by atomic mass is 9.69. The molecule has 5 aromatic rings. The van der Waals surface area contributed by atoms with Crippen molar-refractivity contribution in [3.8, 4) is 11.3 Å². The molecule has 13 heteroatoms. The first-order valence-corrected chi connectivity index (χ1v) is 22.8. The van der Waals surface area contributed by atoms with Crippen LogP contribution in [0.2, 0.25) is 0 Å². The van der Waals surface area contributed by atoms with Gasteiger partial charge in [0.2, 0.25) is 11.8 Å². The average molecular weight is 851 g/mol. The number of carbonyl (C=O) groups excluding carboxylic acids is 2. The van der Waals surface area contributed by atoms with Crippen LogP contribution in [0.3, 0.4) is 0 Å². The van der Waals surface area contributed by atoms with E-state index in [0.717, 1.165) is 63.0 Å². The van der Waals surface area contributed by atoms with Gasteiger partial charge in [-0.15, -0.1) is 5.06 Å². The van der Waals surface area contributed by atoms with Gasteiger partial charge >= 0.3 is 11.9 Å². The van der Waals surface area contributed by atoms with Crippen LogP contribution in [0.5, 0.6) is 0 Å². The van der Waals surface area contributed by atoms with Gasteiger partial charge in [0, 0.05) is 53.1 Å². The molecule has 0 radical (unpaired) electrons. The van der Waals surface area contributed by atoms with Crippen LogP contribution >= 0.6 is 0 Å². The van der Waals surface area contributed by atoms with E-state index in [1.807, 2.05) is 27.7 Å². The van der Waals surface area contributed by atoms with Crippen LogP contribution in [0.4, 0.5) is 5.69 Å².